The number of nitrogens with zero attached hydrogens (tertiary/aromatic N) is 1. The van der Waals surface area contributed by atoms with Gasteiger partial charge in [0.05, 0.1) is 11.4 Å². The average Bonchev–Trinajstić information content (AvgIpc) is 3.48. The molecule has 0 fully saturated rings. The Labute approximate surface area is 191 Å². The molecule has 1 amide bonds. The molecule has 0 aliphatic carbocycles. The van der Waals surface area contributed by atoms with Crippen LogP contribution in [0.3, 0.4) is 0 Å². The monoisotopic (exact) mass is 470 g/mol. The van der Waals surface area contributed by atoms with Gasteiger partial charge in [-0.2, -0.15) is 0 Å². The molecule has 7 nitrogen and oxygen atoms in total. The first kappa shape index (κ1) is 22.1. The molecule has 0 radical (unpaired) electrons. The van der Waals surface area contributed by atoms with Gasteiger partial charge in [-0.25, -0.2) is 13.1 Å². The Morgan fingerprint density at radius 1 is 1.12 bits per heavy atom. The number of amides is 1. The summed E-state index contributed by atoms with van der Waals surface area (Å²) in [6, 6.07) is 15.2. The van der Waals surface area contributed by atoms with Crippen molar-refractivity contribution in [1.29, 1.82) is 0 Å². The smallest absolute Gasteiger partial charge is 0.254 e. The van der Waals surface area contributed by atoms with Crippen molar-refractivity contribution in [3.05, 3.63) is 88.6 Å². The van der Waals surface area contributed by atoms with Crippen LogP contribution >= 0.6 is 11.3 Å². The molecule has 9 heteroatoms. The van der Waals surface area contributed by atoms with Gasteiger partial charge in [-0.15, -0.1) is 17.9 Å². The summed E-state index contributed by atoms with van der Waals surface area (Å²) in [4.78, 5) is 15.8. The maximum Gasteiger partial charge on any atom is 0.254 e. The van der Waals surface area contributed by atoms with Crippen LogP contribution in [0.1, 0.15) is 20.8 Å². The lowest BCUT2D eigenvalue weighted by atomic mass is 10.2. The summed E-state index contributed by atoms with van der Waals surface area (Å²) in [5, 5.41) is 1.95. The molecule has 32 heavy (non-hydrogen) atoms. The zero-order valence-electron chi connectivity index (χ0n) is 17.2. The number of thiophene rings is 1. The van der Waals surface area contributed by atoms with Crippen LogP contribution in [-0.2, 0) is 23.1 Å². The van der Waals surface area contributed by atoms with Gasteiger partial charge in [0.25, 0.3) is 5.91 Å². The summed E-state index contributed by atoms with van der Waals surface area (Å²) in [6.07, 6.45) is 1.65. The van der Waals surface area contributed by atoms with Gasteiger partial charge in [0.1, 0.15) is 0 Å². The predicted octanol–water partition coefficient (Wildman–Crippen LogP) is 3.78. The molecular weight excluding hydrogens is 448 g/mol. The number of ether oxygens (including phenoxy) is 2. The zero-order chi connectivity index (χ0) is 22.6. The normalized spacial score (nSPS) is 12.5. The SMILES string of the molecule is C=CCN(Cc1cccs1)C(=O)c1cccc(S(=O)(=O)NCc2ccc3c(c2)OCO3)c1. The van der Waals surface area contributed by atoms with Crippen molar-refractivity contribution < 1.29 is 22.7 Å². The Balaban J connectivity index is 1.49. The highest BCUT2D eigenvalue weighted by Gasteiger charge is 2.20. The van der Waals surface area contributed by atoms with Crippen LogP contribution in [0.2, 0.25) is 0 Å². The summed E-state index contributed by atoms with van der Waals surface area (Å²) in [6.45, 7) is 4.75. The molecule has 2 aromatic carbocycles. The standard InChI is InChI=1S/C23H22N2O5S2/c1-2-10-25(15-19-6-4-11-31-19)23(26)18-5-3-7-20(13-18)32(27,28)24-14-17-8-9-21-22(12-17)30-16-29-21/h2-9,11-13,24H,1,10,14-16H2. The topological polar surface area (TPSA) is 84.9 Å². The second-order valence-electron chi connectivity index (χ2n) is 7.09. The van der Waals surface area contributed by atoms with Crippen LogP contribution in [0.5, 0.6) is 11.5 Å². The second kappa shape index (κ2) is 9.56. The molecule has 0 unspecified atom stereocenters. The third-order valence-electron chi connectivity index (χ3n) is 4.86. The molecule has 2 heterocycles. The van der Waals surface area contributed by atoms with E-state index in [2.05, 4.69) is 11.3 Å². The fourth-order valence-electron chi connectivity index (χ4n) is 3.26. The second-order valence-corrected chi connectivity index (χ2v) is 9.89. The van der Waals surface area contributed by atoms with E-state index in [1.165, 1.54) is 12.1 Å². The summed E-state index contributed by atoms with van der Waals surface area (Å²) in [7, 11) is -3.83. The highest BCUT2D eigenvalue weighted by molar-refractivity contribution is 7.89. The number of benzene rings is 2. The highest BCUT2D eigenvalue weighted by atomic mass is 32.2. The lowest BCUT2D eigenvalue weighted by Gasteiger charge is -2.21. The first-order chi connectivity index (χ1) is 15.5. The van der Waals surface area contributed by atoms with E-state index in [9.17, 15) is 13.2 Å². The van der Waals surface area contributed by atoms with Gasteiger partial charge in [-0.1, -0.05) is 24.3 Å². The fraction of sp³-hybridized carbons (Fsp3) is 0.174. The van der Waals surface area contributed by atoms with Gasteiger partial charge >= 0.3 is 0 Å². The molecule has 1 aromatic heterocycles. The Hall–Kier alpha value is -3.14. The van der Waals surface area contributed by atoms with Crippen molar-refractivity contribution in [1.82, 2.24) is 9.62 Å². The van der Waals surface area contributed by atoms with Crippen molar-refractivity contribution in [3.63, 3.8) is 0 Å². The number of hydrogen-bond acceptors (Lipinski definition) is 6. The number of nitrogens with one attached hydrogen (secondary N) is 1. The highest BCUT2D eigenvalue weighted by Crippen LogP contribution is 2.32. The molecule has 166 valence electrons. The molecule has 0 atom stereocenters. The maximum absolute atomic E-state index is 13.1. The van der Waals surface area contributed by atoms with E-state index >= 15 is 0 Å². The van der Waals surface area contributed by atoms with E-state index in [1.807, 2.05) is 17.5 Å². The quantitative estimate of drug-likeness (QED) is 0.481. The van der Waals surface area contributed by atoms with Gasteiger partial charge in [0, 0.05) is 23.5 Å². The van der Waals surface area contributed by atoms with Gasteiger partial charge in [0.15, 0.2) is 11.5 Å². The number of carbonyl (C=O) groups excluding carboxylic acids is 1. The Morgan fingerprint density at radius 2 is 1.97 bits per heavy atom. The molecule has 0 saturated heterocycles. The van der Waals surface area contributed by atoms with Crippen LogP contribution < -0.4 is 14.2 Å². The van der Waals surface area contributed by atoms with E-state index in [1.54, 1.807) is 52.6 Å². The van der Waals surface area contributed by atoms with Crippen LogP contribution in [-0.4, -0.2) is 32.6 Å². The number of carbonyl (C=O) groups is 1. The molecule has 3 aromatic rings. The van der Waals surface area contributed by atoms with E-state index < -0.39 is 10.0 Å². The largest absolute Gasteiger partial charge is 0.454 e. The molecule has 0 bridgehead atoms. The number of sulfonamides is 1. The average molecular weight is 471 g/mol. The Kier molecular flexibility index (Phi) is 6.59. The molecule has 1 aliphatic rings. The maximum atomic E-state index is 13.1. The predicted molar refractivity (Wildman–Crippen MR) is 122 cm³/mol. The van der Waals surface area contributed by atoms with E-state index in [0.29, 0.717) is 30.2 Å². The first-order valence-corrected chi connectivity index (χ1v) is 12.2. The lowest BCUT2D eigenvalue weighted by molar-refractivity contribution is 0.0764. The van der Waals surface area contributed by atoms with Crippen LogP contribution in [0.15, 0.2) is 77.5 Å². The van der Waals surface area contributed by atoms with E-state index in [-0.39, 0.29) is 24.1 Å². The minimum absolute atomic E-state index is 0.0266. The number of fused-ring (bicyclic) bond motifs is 1. The first-order valence-electron chi connectivity index (χ1n) is 9.87. The van der Waals surface area contributed by atoms with Gasteiger partial charge in [0.2, 0.25) is 16.8 Å². The summed E-state index contributed by atoms with van der Waals surface area (Å²) in [5.74, 6) is 0.961. The van der Waals surface area contributed by atoms with Crippen LogP contribution in [0.4, 0.5) is 0 Å². The Bertz CT molecular complexity index is 1220. The molecule has 1 aliphatic heterocycles. The van der Waals surface area contributed by atoms with E-state index in [4.69, 9.17) is 9.47 Å². The van der Waals surface area contributed by atoms with Crippen LogP contribution in [0.25, 0.3) is 0 Å². The zero-order valence-corrected chi connectivity index (χ0v) is 18.8. The minimum Gasteiger partial charge on any atom is -0.454 e. The summed E-state index contributed by atoms with van der Waals surface area (Å²) < 4.78 is 38.9. The van der Waals surface area contributed by atoms with E-state index in [0.717, 1.165) is 10.4 Å². The van der Waals surface area contributed by atoms with Crippen molar-refractivity contribution in [2.24, 2.45) is 0 Å². The van der Waals surface area contributed by atoms with Crippen molar-refractivity contribution in [3.8, 4) is 11.5 Å². The molecule has 0 spiro atoms. The Morgan fingerprint density at radius 3 is 2.75 bits per heavy atom. The van der Waals surface area contributed by atoms with Gasteiger partial charge in [-0.05, 0) is 47.3 Å². The van der Waals surface area contributed by atoms with Crippen molar-refractivity contribution >= 4 is 27.3 Å². The van der Waals surface area contributed by atoms with Gasteiger partial charge in [-0.3, -0.25) is 4.79 Å². The van der Waals surface area contributed by atoms with Crippen molar-refractivity contribution in [2.75, 3.05) is 13.3 Å². The third kappa shape index (κ3) is 5.01. The minimum atomic E-state index is -3.83. The molecule has 4 rings (SSSR count). The third-order valence-corrected chi connectivity index (χ3v) is 7.12. The van der Waals surface area contributed by atoms with Gasteiger partial charge < -0.3 is 14.4 Å². The van der Waals surface area contributed by atoms with Crippen LogP contribution in [0, 0.1) is 0 Å². The summed E-state index contributed by atoms with van der Waals surface area (Å²) in [5.41, 5.74) is 1.03. The van der Waals surface area contributed by atoms with Crippen molar-refractivity contribution in [2.45, 2.75) is 18.0 Å². The summed E-state index contributed by atoms with van der Waals surface area (Å²) >= 11 is 1.56. The lowest BCUT2D eigenvalue weighted by Crippen LogP contribution is -2.30. The fourth-order valence-corrected chi connectivity index (χ4v) is 5.04. The number of rotatable bonds is 9. The molecular formula is C23H22N2O5S2. The molecule has 0 saturated carbocycles. The molecule has 1 N–H and O–H groups in total. The number of hydrogen-bond donors (Lipinski definition) is 1.